The molecule has 0 heterocycles. The van der Waals surface area contributed by atoms with E-state index in [2.05, 4.69) is 0 Å². The zero-order chi connectivity index (χ0) is 6.24. The van der Waals surface area contributed by atoms with E-state index in [0.29, 0.717) is 6.61 Å². The maximum Gasteiger partial charge on any atom is 0.0431 e. The molecule has 0 saturated carbocycles. The van der Waals surface area contributed by atoms with Gasteiger partial charge < -0.3 is 5.11 Å². The predicted molar refractivity (Wildman–Crippen MR) is 34.5 cm³/mol. The lowest BCUT2D eigenvalue weighted by molar-refractivity contribution is 0.282. The number of hydrogen-bond donors (Lipinski definition) is 1. The van der Waals surface area contributed by atoms with Gasteiger partial charge in [0.1, 0.15) is 0 Å². The summed E-state index contributed by atoms with van der Waals surface area (Å²) in [6.45, 7) is 5.57. The van der Waals surface area contributed by atoms with Crippen molar-refractivity contribution >= 4 is 0 Å². The molecule has 0 atom stereocenters. The second-order valence-electron chi connectivity index (χ2n) is 1.93. The van der Waals surface area contributed by atoms with Crippen LogP contribution in [0.25, 0.3) is 0 Å². The van der Waals surface area contributed by atoms with Gasteiger partial charge in [-0.15, -0.1) is 0 Å². The lowest BCUT2D eigenvalue weighted by Crippen LogP contribution is -1.81. The van der Waals surface area contributed by atoms with Crippen LogP contribution in [0.4, 0.5) is 0 Å². The summed E-state index contributed by atoms with van der Waals surface area (Å²) < 4.78 is 0. The molecule has 1 heteroatoms. The average Bonchev–Trinajstić information content (AvgIpc) is 1.81. The van der Waals surface area contributed by atoms with Gasteiger partial charge in [0.05, 0.1) is 0 Å². The predicted octanol–water partition coefficient (Wildman–Crippen LogP) is 1.64. The lowest BCUT2D eigenvalue weighted by Gasteiger charge is -1.93. The topological polar surface area (TPSA) is 20.2 Å². The first kappa shape index (κ1) is 7.96. The minimum atomic E-state index is 0.324. The minimum absolute atomic E-state index is 0.324. The van der Waals surface area contributed by atoms with Gasteiger partial charge in [0.2, 0.25) is 0 Å². The van der Waals surface area contributed by atoms with Gasteiger partial charge in [0.25, 0.3) is 0 Å². The van der Waals surface area contributed by atoms with Crippen molar-refractivity contribution in [2.75, 3.05) is 6.61 Å². The van der Waals surface area contributed by atoms with Crippen molar-refractivity contribution in [2.24, 2.45) is 0 Å². The fourth-order valence-electron chi connectivity index (χ4n) is 0.610. The molecule has 0 aromatic rings. The van der Waals surface area contributed by atoms with E-state index in [1.807, 2.05) is 0 Å². The fourth-order valence-corrected chi connectivity index (χ4v) is 0.610. The molecule has 0 fully saturated rings. The zero-order valence-electron chi connectivity index (χ0n) is 5.27. The molecule has 1 N–H and O–H groups in total. The molecule has 0 bridgehead atoms. The molecular weight excluding hydrogens is 100 g/mol. The molecule has 0 aliphatic rings. The molecule has 0 unspecified atom stereocenters. The Balaban J connectivity index is 2.53. The third-order valence-corrected chi connectivity index (χ3v) is 1.11. The summed E-state index contributed by atoms with van der Waals surface area (Å²) >= 11 is 0. The molecule has 0 rings (SSSR count). The van der Waals surface area contributed by atoms with Crippen LogP contribution in [0, 0.1) is 6.92 Å². The maximum atomic E-state index is 8.33. The van der Waals surface area contributed by atoms with Gasteiger partial charge in [-0.05, 0) is 19.8 Å². The van der Waals surface area contributed by atoms with Crippen LogP contribution >= 0.6 is 0 Å². The van der Waals surface area contributed by atoms with Gasteiger partial charge >= 0.3 is 0 Å². The fraction of sp³-hybridized carbons (Fsp3) is 0.857. The van der Waals surface area contributed by atoms with Gasteiger partial charge in [-0.1, -0.05) is 19.3 Å². The maximum absolute atomic E-state index is 8.33. The standard InChI is InChI=1S/C7H14O/c1-2-3-4-5-6-7-8/h1,8H,2-7H2. The highest BCUT2D eigenvalue weighted by molar-refractivity contribution is 4.43. The van der Waals surface area contributed by atoms with Crippen LogP contribution in [0.15, 0.2) is 0 Å². The molecule has 0 amide bonds. The molecule has 0 spiro atoms. The van der Waals surface area contributed by atoms with Gasteiger partial charge in [-0.25, -0.2) is 0 Å². The highest BCUT2D eigenvalue weighted by atomic mass is 16.2. The van der Waals surface area contributed by atoms with Crippen molar-refractivity contribution in [2.45, 2.75) is 32.1 Å². The van der Waals surface area contributed by atoms with Crippen LogP contribution in [0.3, 0.4) is 0 Å². The number of hydrogen-bond acceptors (Lipinski definition) is 1. The van der Waals surface area contributed by atoms with Crippen LogP contribution in [0.1, 0.15) is 32.1 Å². The SMILES string of the molecule is [CH]CCCCCCO. The Morgan fingerprint density at radius 3 is 2.12 bits per heavy atom. The van der Waals surface area contributed by atoms with Crippen molar-refractivity contribution in [1.29, 1.82) is 0 Å². The van der Waals surface area contributed by atoms with Crippen molar-refractivity contribution in [3.05, 3.63) is 6.92 Å². The van der Waals surface area contributed by atoms with Crippen LogP contribution in [-0.2, 0) is 0 Å². The Hall–Kier alpha value is -0.0400. The Labute approximate surface area is 51.7 Å². The minimum Gasteiger partial charge on any atom is -0.396 e. The highest BCUT2D eigenvalue weighted by Gasteiger charge is 1.84. The summed E-state index contributed by atoms with van der Waals surface area (Å²) in [5.41, 5.74) is 0. The summed E-state index contributed by atoms with van der Waals surface area (Å²) in [5, 5.41) is 8.33. The van der Waals surface area contributed by atoms with E-state index in [9.17, 15) is 0 Å². The van der Waals surface area contributed by atoms with Crippen LogP contribution in [-0.4, -0.2) is 11.7 Å². The van der Waals surface area contributed by atoms with Crippen LogP contribution in [0.5, 0.6) is 0 Å². The summed E-state index contributed by atoms with van der Waals surface area (Å²) in [5.74, 6) is 0. The normalized spacial score (nSPS) is 9.75. The van der Waals surface area contributed by atoms with Crippen LogP contribution < -0.4 is 0 Å². The van der Waals surface area contributed by atoms with E-state index in [1.165, 1.54) is 0 Å². The Morgan fingerprint density at radius 1 is 1.00 bits per heavy atom. The van der Waals surface area contributed by atoms with E-state index in [-0.39, 0.29) is 0 Å². The van der Waals surface area contributed by atoms with Gasteiger partial charge in [-0.2, -0.15) is 0 Å². The van der Waals surface area contributed by atoms with E-state index >= 15 is 0 Å². The smallest absolute Gasteiger partial charge is 0.0431 e. The van der Waals surface area contributed by atoms with Gasteiger partial charge in [-0.3, -0.25) is 0 Å². The van der Waals surface area contributed by atoms with Gasteiger partial charge in [0.15, 0.2) is 0 Å². The van der Waals surface area contributed by atoms with Crippen molar-refractivity contribution in [3.63, 3.8) is 0 Å². The zero-order valence-corrected chi connectivity index (χ0v) is 5.27. The summed E-state index contributed by atoms with van der Waals surface area (Å²) in [6, 6.07) is 0. The van der Waals surface area contributed by atoms with Crippen molar-refractivity contribution in [3.8, 4) is 0 Å². The van der Waals surface area contributed by atoms with Gasteiger partial charge in [0, 0.05) is 6.61 Å². The first-order valence-corrected chi connectivity index (χ1v) is 3.22. The summed E-state index contributed by atoms with van der Waals surface area (Å²) in [7, 11) is 0. The Bertz CT molecular complexity index is 29.4. The van der Waals surface area contributed by atoms with E-state index in [1.54, 1.807) is 0 Å². The molecular formula is C7H14O. The molecule has 0 aliphatic heterocycles. The number of rotatable bonds is 5. The second-order valence-corrected chi connectivity index (χ2v) is 1.93. The first-order chi connectivity index (χ1) is 3.91. The number of unbranched alkanes of at least 4 members (excludes halogenated alkanes) is 4. The quantitative estimate of drug-likeness (QED) is 0.539. The Morgan fingerprint density at radius 2 is 1.62 bits per heavy atom. The monoisotopic (exact) mass is 114 g/mol. The summed E-state index contributed by atoms with van der Waals surface area (Å²) in [6.07, 6.45) is 5.09. The third kappa shape index (κ3) is 5.96. The molecule has 1 nitrogen and oxygen atoms in total. The largest absolute Gasteiger partial charge is 0.396 e. The Kier molecular flexibility index (Phi) is 6.93. The molecule has 8 heavy (non-hydrogen) atoms. The van der Waals surface area contributed by atoms with Crippen LogP contribution in [0.2, 0.25) is 0 Å². The molecule has 0 aromatic carbocycles. The average molecular weight is 114 g/mol. The van der Waals surface area contributed by atoms with Crippen molar-refractivity contribution in [1.82, 2.24) is 0 Å². The second kappa shape index (κ2) is 6.96. The molecule has 0 aliphatic carbocycles. The molecule has 2 radical (unpaired) electrons. The lowest BCUT2D eigenvalue weighted by atomic mass is 10.2. The molecule has 0 saturated heterocycles. The van der Waals surface area contributed by atoms with E-state index < -0.39 is 0 Å². The van der Waals surface area contributed by atoms with E-state index in [0.717, 1.165) is 32.1 Å². The van der Waals surface area contributed by atoms with E-state index in [4.69, 9.17) is 12.0 Å². The van der Waals surface area contributed by atoms with Crippen molar-refractivity contribution < 1.29 is 5.11 Å². The number of aliphatic hydroxyl groups excluding tert-OH is 1. The summed E-state index contributed by atoms with van der Waals surface area (Å²) in [4.78, 5) is 0. The molecule has 48 valence electrons. The molecule has 0 aromatic heterocycles. The third-order valence-electron chi connectivity index (χ3n) is 1.11. The number of aliphatic hydroxyl groups is 1. The highest BCUT2D eigenvalue weighted by Crippen LogP contribution is 2.00. The first-order valence-electron chi connectivity index (χ1n) is 3.22.